The second kappa shape index (κ2) is 8.10. The molecule has 3 rings (SSSR count). The highest BCUT2D eigenvalue weighted by Crippen LogP contribution is 2.14. The van der Waals surface area contributed by atoms with Crippen LogP contribution < -0.4 is 10.2 Å². The van der Waals surface area contributed by atoms with Crippen LogP contribution in [0, 0.1) is 5.82 Å². The van der Waals surface area contributed by atoms with Crippen LogP contribution >= 0.6 is 0 Å². The third-order valence-electron chi connectivity index (χ3n) is 4.76. The zero-order valence-electron chi connectivity index (χ0n) is 14.6. The molecule has 26 heavy (non-hydrogen) atoms. The summed E-state index contributed by atoms with van der Waals surface area (Å²) in [5.74, 6) is -0.896. The summed E-state index contributed by atoms with van der Waals surface area (Å²) in [5.41, 5.74) is 2.67. The highest BCUT2D eigenvalue weighted by atomic mass is 19.1. The number of rotatable bonds is 5. The molecule has 6 heteroatoms. The lowest BCUT2D eigenvalue weighted by Gasteiger charge is -2.31. The summed E-state index contributed by atoms with van der Waals surface area (Å²) in [4.78, 5) is 25.4. The van der Waals surface area contributed by atoms with E-state index < -0.39 is 6.04 Å². The number of quaternary nitrogens is 1. The van der Waals surface area contributed by atoms with Gasteiger partial charge < -0.3 is 15.0 Å². The maximum atomic E-state index is 13.7. The molecule has 0 saturated heterocycles. The predicted octanol–water partition coefficient (Wildman–Crippen LogP) is 0.625. The molecule has 0 bridgehead atoms. The molecule has 1 aliphatic heterocycles. The molecular weight excluding hydrogens is 335 g/mol. The Morgan fingerprint density at radius 3 is 2.58 bits per heavy atom. The molecule has 136 valence electrons. The van der Waals surface area contributed by atoms with Crippen LogP contribution in [-0.2, 0) is 33.8 Å². The van der Waals surface area contributed by atoms with E-state index in [4.69, 9.17) is 4.74 Å². The average molecular weight is 357 g/mol. The third kappa shape index (κ3) is 4.08. The summed E-state index contributed by atoms with van der Waals surface area (Å²) in [5, 5.41) is 2.74. The van der Waals surface area contributed by atoms with E-state index in [1.54, 1.807) is 18.2 Å². The molecule has 5 nitrogen and oxygen atoms in total. The van der Waals surface area contributed by atoms with Gasteiger partial charge in [0.2, 0.25) is 0 Å². The Balaban J connectivity index is 1.67. The van der Waals surface area contributed by atoms with Gasteiger partial charge in [-0.05, 0) is 11.6 Å². The maximum absolute atomic E-state index is 13.7. The van der Waals surface area contributed by atoms with Gasteiger partial charge in [0.05, 0.1) is 7.11 Å². The molecule has 2 aromatic carbocycles. The number of methoxy groups -OCH3 is 1. The Hall–Kier alpha value is -2.73. The van der Waals surface area contributed by atoms with Crippen LogP contribution in [0.1, 0.15) is 16.7 Å². The van der Waals surface area contributed by atoms with Gasteiger partial charge in [0.1, 0.15) is 12.4 Å². The Bertz CT molecular complexity index is 809. The summed E-state index contributed by atoms with van der Waals surface area (Å²) in [6.45, 7) is 0.823. The zero-order valence-corrected chi connectivity index (χ0v) is 14.6. The summed E-state index contributed by atoms with van der Waals surface area (Å²) in [6.07, 6.45) is 0.540. The number of hydrogen-bond acceptors (Lipinski definition) is 3. The van der Waals surface area contributed by atoms with Gasteiger partial charge in [-0.2, -0.15) is 0 Å². The smallest absolute Gasteiger partial charge is 0.365 e. The Morgan fingerprint density at radius 2 is 1.85 bits per heavy atom. The van der Waals surface area contributed by atoms with Crippen molar-refractivity contribution in [2.75, 3.05) is 13.7 Å². The lowest BCUT2D eigenvalue weighted by atomic mass is 9.94. The van der Waals surface area contributed by atoms with Gasteiger partial charge in [-0.1, -0.05) is 42.5 Å². The quantitative estimate of drug-likeness (QED) is 0.772. The van der Waals surface area contributed by atoms with Crippen molar-refractivity contribution in [2.24, 2.45) is 0 Å². The maximum Gasteiger partial charge on any atom is 0.365 e. The fourth-order valence-electron chi connectivity index (χ4n) is 3.34. The van der Waals surface area contributed by atoms with Gasteiger partial charge in [0.25, 0.3) is 5.91 Å². The van der Waals surface area contributed by atoms with Gasteiger partial charge in [-0.15, -0.1) is 0 Å². The molecule has 1 amide bonds. The number of hydrogen-bond donors (Lipinski definition) is 2. The molecule has 0 radical (unpaired) electrons. The first-order chi connectivity index (χ1) is 12.6. The Morgan fingerprint density at radius 1 is 1.15 bits per heavy atom. The van der Waals surface area contributed by atoms with Crippen molar-refractivity contribution in [1.29, 1.82) is 0 Å². The second-order valence-corrected chi connectivity index (χ2v) is 6.43. The Labute approximate surface area is 151 Å². The number of fused-ring (bicyclic) bond motifs is 1. The molecule has 0 spiro atoms. The number of carbonyl (C=O) groups excluding carboxylic acids is 2. The lowest BCUT2D eigenvalue weighted by molar-refractivity contribution is -0.924. The van der Waals surface area contributed by atoms with Crippen LogP contribution in [0.15, 0.2) is 48.5 Å². The van der Waals surface area contributed by atoms with E-state index in [9.17, 15) is 14.0 Å². The molecule has 2 N–H and O–H groups in total. The van der Waals surface area contributed by atoms with Crippen molar-refractivity contribution in [1.82, 2.24) is 5.32 Å². The number of benzene rings is 2. The summed E-state index contributed by atoms with van der Waals surface area (Å²) in [6, 6.07) is 13.8. The molecule has 2 atom stereocenters. The monoisotopic (exact) mass is 357 g/mol. The van der Waals surface area contributed by atoms with E-state index in [0.717, 1.165) is 16.0 Å². The largest absolute Gasteiger partial charge is 0.465 e. The van der Waals surface area contributed by atoms with E-state index in [0.29, 0.717) is 18.5 Å². The normalized spacial score (nSPS) is 18.7. The molecule has 1 heterocycles. The summed E-state index contributed by atoms with van der Waals surface area (Å²) in [7, 11) is 1.36. The van der Waals surface area contributed by atoms with Crippen LogP contribution in [0.25, 0.3) is 0 Å². The second-order valence-electron chi connectivity index (χ2n) is 6.43. The van der Waals surface area contributed by atoms with Crippen molar-refractivity contribution < 1.29 is 23.6 Å². The third-order valence-corrected chi connectivity index (χ3v) is 4.76. The molecule has 1 unspecified atom stereocenters. The summed E-state index contributed by atoms with van der Waals surface area (Å²) >= 11 is 0. The van der Waals surface area contributed by atoms with E-state index in [2.05, 4.69) is 5.32 Å². The van der Waals surface area contributed by atoms with Crippen molar-refractivity contribution in [3.8, 4) is 0 Å². The Kier molecular flexibility index (Phi) is 5.63. The number of ether oxygens (including phenoxy) is 1. The first-order valence-corrected chi connectivity index (χ1v) is 8.57. The highest BCUT2D eigenvalue weighted by molar-refractivity contribution is 5.78. The number of esters is 1. The van der Waals surface area contributed by atoms with Crippen LogP contribution in [0.5, 0.6) is 0 Å². The number of amides is 1. The topological polar surface area (TPSA) is 59.8 Å². The molecular formula is C20H22FN2O3+. The average Bonchev–Trinajstić information content (AvgIpc) is 2.66. The first-order valence-electron chi connectivity index (χ1n) is 8.57. The van der Waals surface area contributed by atoms with Gasteiger partial charge in [-0.3, -0.25) is 4.79 Å². The molecule has 2 aromatic rings. The van der Waals surface area contributed by atoms with E-state index in [-0.39, 0.29) is 30.8 Å². The number of nitrogens with one attached hydrogen (secondary N) is 2. The van der Waals surface area contributed by atoms with Crippen molar-refractivity contribution >= 4 is 11.9 Å². The van der Waals surface area contributed by atoms with Gasteiger partial charge >= 0.3 is 5.97 Å². The molecule has 1 aliphatic rings. The van der Waals surface area contributed by atoms with Gasteiger partial charge in [0.15, 0.2) is 12.6 Å². The minimum atomic E-state index is -0.422. The highest BCUT2D eigenvalue weighted by Gasteiger charge is 2.36. The molecule has 0 aromatic heterocycles. The van der Waals surface area contributed by atoms with Crippen molar-refractivity contribution in [3.63, 3.8) is 0 Å². The minimum absolute atomic E-state index is 0.123. The molecule has 0 saturated carbocycles. The van der Waals surface area contributed by atoms with Gasteiger partial charge in [0, 0.05) is 24.1 Å². The number of halogens is 1. The zero-order chi connectivity index (χ0) is 18.5. The van der Waals surface area contributed by atoms with Gasteiger partial charge in [-0.25, -0.2) is 9.18 Å². The summed E-state index contributed by atoms with van der Waals surface area (Å²) < 4.78 is 18.6. The van der Waals surface area contributed by atoms with E-state index in [1.807, 2.05) is 24.3 Å². The van der Waals surface area contributed by atoms with Crippen LogP contribution in [-0.4, -0.2) is 31.6 Å². The minimum Gasteiger partial charge on any atom is -0.465 e. The predicted molar refractivity (Wildman–Crippen MR) is 93.7 cm³/mol. The standard InChI is InChI=1S/C20H21FN2O3/c1-26-20(25)18-10-14-6-2-3-8-16(14)12-23(18)13-19(24)22-11-15-7-4-5-9-17(15)21/h2-9,18H,10-13H2,1H3,(H,22,24)/p+1/t18-/m1/s1. The van der Waals surface area contributed by atoms with Crippen molar-refractivity contribution in [3.05, 3.63) is 71.0 Å². The van der Waals surface area contributed by atoms with Crippen LogP contribution in [0.4, 0.5) is 4.39 Å². The van der Waals surface area contributed by atoms with Crippen LogP contribution in [0.3, 0.4) is 0 Å². The fraction of sp³-hybridized carbons (Fsp3) is 0.300. The number of carbonyl (C=O) groups is 2. The molecule has 0 aliphatic carbocycles. The fourth-order valence-corrected chi connectivity index (χ4v) is 3.34. The SMILES string of the molecule is COC(=O)[C@H]1Cc2ccccc2C[NH+]1CC(=O)NCc1ccccc1F. The van der Waals surface area contributed by atoms with Crippen molar-refractivity contribution in [2.45, 2.75) is 25.6 Å². The first kappa shape index (κ1) is 18.1. The van der Waals surface area contributed by atoms with Crippen LogP contribution in [0.2, 0.25) is 0 Å². The molecule has 0 fully saturated rings. The lowest BCUT2D eigenvalue weighted by Crippen LogP contribution is -3.17. The van der Waals surface area contributed by atoms with E-state index in [1.165, 1.54) is 13.2 Å². The van der Waals surface area contributed by atoms with E-state index >= 15 is 0 Å².